The molecule has 2 aromatic heterocycles. The predicted molar refractivity (Wildman–Crippen MR) is 241 cm³/mol. The Morgan fingerprint density at radius 1 is 0.944 bits per heavy atom. The first-order valence-corrected chi connectivity index (χ1v) is 24.6. The number of H-pyrrole nitrogens is 2. The monoisotopic (exact) mass is 1050 g/mol. The van der Waals surface area contributed by atoms with E-state index in [1.54, 1.807) is 0 Å². The molecule has 4 unspecified atom stereocenters. The van der Waals surface area contributed by atoms with Crippen LogP contribution in [-0.2, 0) is 55.8 Å². The number of carbonyl (C=O) groups excluding carboxylic acids is 3. The van der Waals surface area contributed by atoms with E-state index in [-0.39, 0.29) is 54.9 Å². The number of aromatic nitrogens is 4. The number of nitro benzene ring substituents is 1. The van der Waals surface area contributed by atoms with Crippen LogP contribution in [-0.4, -0.2) is 128 Å². The summed E-state index contributed by atoms with van der Waals surface area (Å²) in [6, 6.07) is 3.81. The van der Waals surface area contributed by atoms with Gasteiger partial charge in [-0.05, 0) is 19.1 Å². The summed E-state index contributed by atoms with van der Waals surface area (Å²) in [6.07, 6.45) is -8.77. The number of nitro groups is 1. The van der Waals surface area contributed by atoms with Crippen molar-refractivity contribution in [2.45, 2.75) is 68.8 Å². The largest absolute Gasteiger partial charge is 0.472 e. The molecule has 0 spiro atoms. The Bertz CT molecular complexity index is 3030. The number of thioether (sulfide) groups is 1. The molecule has 3 aromatic rings. The van der Waals surface area contributed by atoms with Crippen LogP contribution in [0, 0.1) is 33.8 Å². The first-order valence-electron chi connectivity index (χ1n) is 20.7. The van der Waals surface area contributed by atoms with Gasteiger partial charge in [-0.1, -0.05) is 23.7 Å². The summed E-state index contributed by atoms with van der Waals surface area (Å²) in [7, 11) is -7.82. The maximum Gasteiger partial charge on any atom is 0.472 e. The molecule has 3 saturated heterocycles. The van der Waals surface area contributed by atoms with Crippen LogP contribution in [0.3, 0.4) is 0 Å². The number of hydrogen-bond donors (Lipinski definition) is 7. The highest BCUT2D eigenvalue weighted by atomic mass is 32.2. The van der Waals surface area contributed by atoms with Crippen LogP contribution in [0.2, 0.25) is 0 Å². The van der Waals surface area contributed by atoms with Crippen LogP contribution in [0.4, 0.5) is 10.5 Å². The molecule has 0 aliphatic carbocycles. The molecular weight excluding hydrogens is 1010 g/mol. The van der Waals surface area contributed by atoms with Gasteiger partial charge >= 0.3 is 27.0 Å². The maximum absolute atomic E-state index is 13.5. The van der Waals surface area contributed by atoms with Crippen LogP contribution in [0.1, 0.15) is 60.6 Å². The lowest BCUT2D eigenvalue weighted by molar-refractivity contribution is -0.386. The first-order chi connectivity index (χ1) is 33.6. The lowest BCUT2D eigenvalue weighted by Gasteiger charge is -2.24. The minimum atomic E-state index is -5.16. The Balaban J connectivity index is 1.17. The van der Waals surface area contributed by atoms with Gasteiger partial charge in [-0.3, -0.25) is 71.3 Å². The number of phosphoric ester groups is 2. The summed E-state index contributed by atoms with van der Waals surface area (Å²) in [5.74, 6) is 9.72. The van der Waals surface area contributed by atoms with Crippen molar-refractivity contribution in [3.8, 4) is 23.7 Å². The quantitative estimate of drug-likeness (QED) is 0.0351. The Labute approximate surface area is 403 Å². The number of carbonyl (C=O) groups is 3. The number of hydrogen-bond acceptors (Lipinski definition) is 21. The Morgan fingerprint density at radius 3 is 2.10 bits per heavy atom. The van der Waals surface area contributed by atoms with Gasteiger partial charge in [-0.25, -0.2) is 18.7 Å². The van der Waals surface area contributed by atoms with E-state index < -0.39 is 127 Å². The second-order valence-electron chi connectivity index (χ2n) is 15.2. The Hall–Kier alpha value is -5.92. The van der Waals surface area contributed by atoms with E-state index in [0.717, 1.165) is 34.7 Å². The lowest BCUT2D eigenvalue weighted by Crippen LogP contribution is -2.42. The average Bonchev–Trinajstić information content (AvgIpc) is 3.90. The smallest absolute Gasteiger partial charge is 0.382 e. The molecule has 8 N–H and O–H groups in total. The van der Waals surface area contributed by atoms with E-state index >= 15 is 0 Å². The molecule has 2 amide bonds. The Kier molecular flexibility index (Phi) is 18.0. The fourth-order valence-corrected chi connectivity index (χ4v) is 9.30. The van der Waals surface area contributed by atoms with E-state index in [2.05, 4.69) is 48.8 Å². The predicted octanol–water partition coefficient (Wildman–Crippen LogP) is -0.894. The van der Waals surface area contributed by atoms with E-state index in [4.69, 9.17) is 38.3 Å². The summed E-state index contributed by atoms with van der Waals surface area (Å²) in [5.41, 5.74) is 0.551. The highest BCUT2D eigenvalue weighted by Crippen LogP contribution is 2.51. The minimum Gasteiger partial charge on any atom is -0.382 e. The van der Waals surface area contributed by atoms with Crippen molar-refractivity contribution < 1.29 is 75.3 Å². The highest BCUT2D eigenvalue weighted by Gasteiger charge is 2.46. The molecule has 10 atom stereocenters. The highest BCUT2D eigenvalue weighted by molar-refractivity contribution is 8.26. The third kappa shape index (κ3) is 14.2. The molecule has 0 radical (unpaired) electrons. The van der Waals surface area contributed by atoms with Crippen molar-refractivity contribution >= 4 is 49.4 Å². The van der Waals surface area contributed by atoms with E-state index in [0.29, 0.717) is 11.8 Å². The first kappa shape index (κ1) is 54.4. The van der Waals surface area contributed by atoms with Crippen molar-refractivity contribution in [3.63, 3.8) is 0 Å². The number of phosphoric acid groups is 2. The number of ether oxygens (including phenoxy) is 4. The molecule has 29 nitrogen and oxygen atoms in total. The van der Waals surface area contributed by atoms with Gasteiger partial charge < -0.3 is 45.1 Å². The molecule has 3 fully saturated rings. The third-order valence-corrected chi connectivity index (χ3v) is 13.3. The van der Waals surface area contributed by atoms with Crippen LogP contribution in [0.5, 0.6) is 0 Å². The summed E-state index contributed by atoms with van der Waals surface area (Å²) >= 11 is 0.413. The number of amides is 2. The normalized spacial score (nSPS) is 24.1. The zero-order valence-electron chi connectivity index (χ0n) is 37.3. The molecule has 1 aromatic carbocycles. The van der Waals surface area contributed by atoms with Gasteiger partial charge in [0.05, 0.1) is 49.4 Å². The number of nitrogens with two attached hydrogens (primary N) is 1. The van der Waals surface area contributed by atoms with E-state index in [1.807, 2.05) is 0 Å². The molecule has 382 valence electrons. The van der Waals surface area contributed by atoms with E-state index in [1.165, 1.54) is 26.2 Å². The molecule has 3 aliphatic rings. The summed E-state index contributed by atoms with van der Waals surface area (Å²) in [5, 5.41) is 15.8. The summed E-state index contributed by atoms with van der Waals surface area (Å²) < 4.78 is 71.0. The molecule has 3 aliphatic heterocycles. The standard InChI is InChI=1S/C39H44N8O21P2S/c1-20(64-28-15-42-39(54)71-36(28)51)24-9-7-21(11-25(24)47(55)56)6-8-23-17-46(38(53)44-35(23)50)33-13-27(67-69(57,58)62-3)30(66-33)19-63-70(59,60)68-26-12-32(65-29(26)18-61-2)45-16-22(34(49)43-37(45)52)5-4-10-41-31(48)14-40/h7,9,11,16-17,20,26-30,32-33H,10,12-15,18-19,40H2,1-3H3,(H,41,48)(H,42,54)(H,57,58)(H,59,60)(H,43,49,52)(H,44,50,53)/t20?,26-,27-,28?,29+,30+,32+,33+/m0/s1. The minimum absolute atomic E-state index is 0.0411. The second kappa shape index (κ2) is 23.5. The number of methoxy groups -OCH3 is 1. The van der Waals surface area contributed by atoms with Gasteiger partial charge in [0.2, 0.25) is 11.0 Å². The van der Waals surface area contributed by atoms with Crippen LogP contribution in [0.15, 0.2) is 49.8 Å². The molecule has 0 saturated carbocycles. The number of nitrogens with zero attached hydrogens (tertiary/aromatic N) is 3. The fourth-order valence-electron chi connectivity index (χ4n) is 7.08. The molecular formula is C39H44N8O21P2S. The fraction of sp³-hybridized carbons (Fsp3) is 0.462. The topological polar surface area (TPSA) is 403 Å². The zero-order chi connectivity index (χ0) is 51.8. The molecule has 0 bridgehead atoms. The van der Waals surface area contributed by atoms with Gasteiger partial charge in [0, 0.05) is 62.8 Å². The van der Waals surface area contributed by atoms with Gasteiger partial charge in [0.1, 0.15) is 54.1 Å². The molecule has 5 heterocycles. The molecule has 71 heavy (non-hydrogen) atoms. The maximum atomic E-state index is 13.5. The van der Waals surface area contributed by atoms with Crippen LogP contribution < -0.4 is 38.9 Å². The summed E-state index contributed by atoms with van der Waals surface area (Å²) in [4.78, 5) is 123. The van der Waals surface area contributed by atoms with Crippen molar-refractivity contribution in [3.05, 3.63) is 105 Å². The molecule has 6 rings (SSSR count). The van der Waals surface area contributed by atoms with Crippen molar-refractivity contribution in [2.24, 2.45) is 5.73 Å². The van der Waals surface area contributed by atoms with Gasteiger partial charge in [-0.2, -0.15) is 0 Å². The van der Waals surface area contributed by atoms with Crippen molar-refractivity contribution in [1.82, 2.24) is 29.7 Å². The van der Waals surface area contributed by atoms with Gasteiger partial charge in [-0.15, -0.1) is 0 Å². The number of aromatic amines is 2. The number of rotatable bonds is 18. The number of nitrogens with one attached hydrogen (secondary N) is 4. The average molecular weight is 1050 g/mol. The number of benzene rings is 1. The van der Waals surface area contributed by atoms with Gasteiger partial charge in [0.15, 0.2) is 0 Å². The Morgan fingerprint density at radius 2 is 1.54 bits per heavy atom. The zero-order valence-corrected chi connectivity index (χ0v) is 39.9. The lowest BCUT2D eigenvalue weighted by atomic mass is 10.0. The van der Waals surface area contributed by atoms with Crippen LogP contribution in [0.25, 0.3) is 0 Å². The summed E-state index contributed by atoms with van der Waals surface area (Å²) in [6.45, 7) is -0.229. The van der Waals surface area contributed by atoms with Crippen LogP contribution >= 0.6 is 27.4 Å². The van der Waals surface area contributed by atoms with Gasteiger partial charge in [0.25, 0.3) is 22.0 Å². The van der Waals surface area contributed by atoms with Crippen molar-refractivity contribution in [1.29, 1.82) is 0 Å². The van der Waals surface area contributed by atoms with E-state index in [9.17, 15) is 62.6 Å². The SMILES string of the molecule is COC[C@H]1O[C@@H](n2cc(C#CCNC(=O)CN)c(=O)[nH]c2=O)C[C@@H]1OP(=O)(O)OC[C@H]1O[C@@H](n2cc(C#Cc3ccc(C(C)OC4CNC(=O)SC4=O)c([N+](=O)[O-])c3)c(=O)[nH]c2=O)C[C@@H]1OP(=O)(O)OC. The third-order valence-electron chi connectivity index (χ3n) is 10.5. The second-order valence-corrected chi connectivity index (χ2v) is 19.1. The van der Waals surface area contributed by atoms with Crippen molar-refractivity contribution in [2.75, 3.05) is 47.1 Å². The molecule has 32 heteroatoms.